The van der Waals surface area contributed by atoms with Crippen molar-refractivity contribution in [2.75, 3.05) is 14.2 Å². The number of benzene rings is 1. The molecule has 1 aromatic carbocycles. The maximum Gasteiger partial charge on any atom is 0.226 e. The molecule has 0 fully saturated rings. The molecule has 1 amide bonds. The highest BCUT2D eigenvalue weighted by Gasteiger charge is 2.11. The number of hydrogen-bond acceptors (Lipinski definition) is 5. The van der Waals surface area contributed by atoms with Crippen LogP contribution in [0.1, 0.15) is 43.5 Å². The summed E-state index contributed by atoms with van der Waals surface area (Å²) in [4.78, 5) is 18.2. The molecule has 6 nitrogen and oxygen atoms in total. The fourth-order valence-corrected chi connectivity index (χ4v) is 2.39. The van der Waals surface area contributed by atoms with Crippen LogP contribution in [0.2, 0.25) is 0 Å². The van der Waals surface area contributed by atoms with E-state index in [1.165, 1.54) is 0 Å². The van der Waals surface area contributed by atoms with Crippen molar-refractivity contribution in [3.8, 4) is 5.75 Å². The molecule has 0 N–H and O–H groups in total. The molecule has 0 atom stereocenters. The summed E-state index contributed by atoms with van der Waals surface area (Å²) >= 11 is 0. The molecule has 1 aromatic heterocycles. The van der Waals surface area contributed by atoms with Gasteiger partial charge in [-0.25, -0.2) is 0 Å². The molecule has 0 aliphatic carbocycles. The Kier molecular flexibility index (Phi) is 6.78. The van der Waals surface area contributed by atoms with E-state index in [0.29, 0.717) is 31.7 Å². The number of methoxy groups -OCH3 is 1. The van der Waals surface area contributed by atoms with Gasteiger partial charge in [0.15, 0.2) is 5.82 Å². The van der Waals surface area contributed by atoms with Gasteiger partial charge in [-0.05, 0) is 30.5 Å². The number of amides is 1. The Morgan fingerprint density at radius 2 is 2.00 bits per heavy atom. The molecule has 0 bridgehead atoms. The van der Waals surface area contributed by atoms with E-state index in [0.717, 1.165) is 30.0 Å². The minimum atomic E-state index is 0.110. The van der Waals surface area contributed by atoms with Crippen LogP contribution in [0, 0.1) is 0 Å². The van der Waals surface area contributed by atoms with Crippen molar-refractivity contribution in [1.29, 1.82) is 0 Å². The van der Waals surface area contributed by atoms with Gasteiger partial charge in [0.25, 0.3) is 0 Å². The van der Waals surface area contributed by atoms with Crippen molar-refractivity contribution in [3.63, 3.8) is 0 Å². The lowest BCUT2D eigenvalue weighted by molar-refractivity contribution is -0.130. The summed E-state index contributed by atoms with van der Waals surface area (Å²) in [6.45, 7) is 2.66. The van der Waals surface area contributed by atoms with E-state index in [2.05, 4.69) is 17.1 Å². The predicted molar refractivity (Wildman–Crippen MR) is 90.7 cm³/mol. The lowest BCUT2D eigenvalue weighted by atomic mass is 10.2. The standard InChI is InChI=1S/C18H25N3O3/c1-4-6-16-19-17(24-20-16)7-5-8-18(22)21(2)13-14-9-11-15(23-3)12-10-14/h9-12H,4-8,13H2,1-3H3. The Morgan fingerprint density at radius 1 is 1.25 bits per heavy atom. The fourth-order valence-electron chi connectivity index (χ4n) is 2.39. The molecule has 2 rings (SSSR count). The zero-order valence-electron chi connectivity index (χ0n) is 14.6. The first kappa shape index (κ1) is 18.0. The van der Waals surface area contributed by atoms with Gasteiger partial charge in [-0.15, -0.1) is 0 Å². The number of rotatable bonds is 9. The van der Waals surface area contributed by atoms with Crippen molar-refractivity contribution in [1.82, 2.24) is 15.0 Å². The summed E-state index contributed by atoms with van der Waals surface area (Å²) in [7, 11) is 3.46. The smallest absolute Gasteiger partial charge is 0.226 e. The van der Waals surface area contributed by atoms with Gasteiger partial charge in [-0.3, -0.25) is 4.79 Å². The second kappa shape index (κ2) is 9.05. The van der Waals surface area contributed by atoms with E-state index in [-0.39, 0.29) is 5.91 Å². The average molecular weight is 331 g/mol. The molecule has 0 unspecified atom stereocenters. The van der Waals surface area contributed by atoms with E-state index < -0.39 is 0 Å². The summed E-state index contributed by atoms with van der Waals surface area (Å²) in [6, 6.07) is 7.74. The van der Waals surface area contributed by atoms with E-state index in [1.54, 1.807) is 12.0 Å². The van der Waals surface area contributed by atoms with Crippen LogP contribution < -0.4 is 4.74 Å². The molecule has 0 saturated heterocycles. The third-order valence-corrected chi connectivity index (χ3v) is 3.77. The molecule has 0 aliphatic heterocycles. The van der Waals surface area contributed by atoms with Crippen LogP contribution in [0.3, 0.4) is 0 Å². The molecular weight excluding hydrogens is 306 g/mol. The molecule has 130 valence electrons. The van der Waals surface area contributed by atoms with Gasteiger partial charge in [-0.2, -0.15) is 4.98 Å². The molecule has 24 heavy (non-hydrogen) atoms. The number of hydrogen-bond donors (Lipinski definition) is 0. The van der Waals surface area contributed by atoms with Gasteiger partial charge in [0.05, 0.1) is 7.11 Å². The molecular formula is C18H25N3O3. The van der Waals surface area contributed by atoms with Gasteiger partial charge in [0, 0.05) is 32.9 Å². The number of aryl methyl sites for hydroxylation is 2. The van der Waals surface area contributed by atoms with Crippen LogP contribution in [0.4, 0.5) is 0 Å². The maximum absolute atomic E-state index is 12.2. The van der Waals surface area contributed by atoms with Gasteiger partial charge >= 0.3 is 0 Å². The largest absolute Gasteiger partial charge is 0.497 e. The third kappa shape index (κ3) is 5.37. The van der Waals surface area contributed by atoms with Gasteiger partial charge < -0.3 is 14.2 Å². The minimum absolute atomic E-state index is 0.110. The first-order valence-corrected chi connectivity index (χ1v) is 8.30. The fraction of sp³-hybridized carbons (Fsp3) is 0.500. The van der Waals surface area contributed by atoms with Crippen LogP contribution in [0.25, 0.3) is 0 Å². The number of nitrogens with zero attached hydrogens (tertiary/aromatic N) is 3. The van der Waals surface area contributed by atoms with E-state index >= 15 is 0 Å². The summed E-state index contributed by atoms with van der Waals surface area (Å²) in [5.74, 6) is 2.29. The lowest BCUT2D eigenvalue weighted by Gasteiger charge is -2.17. The van der Waals surface area contributed by atoms with Gasteiger partial charge in [-0.1, -0.05) is 24.2 Å². The topological polar surface area (TPSA) is 68.5 Å². The minimum Gasteiger partial charge on any atom is -0.497 e. The Hall–Kier alpha value is -2.37. The van der Waals surface area contributed by atoms with Crippen LogP contribution >= 0.6 is 0 Å². The van der Waals surface area contributed by atoms with Crippen molar-refractivity contribution < 1.29 is 14.1 Å². The maximum atomic E-state index is 12.2. The lowest BCUT2D eigenvalue weighted by Crippen LogP contribution is -2.25. The van der Waals surface area contributed by atoms with Crippen LogP contribution in [-0.4, -0.2) is 35.1 Å². The van der Waals surface area contributed by atoms with Gasteiger partial charge in [0.1, 0.15) is 5.75 Å². The second-order valence-electron chi connectivity index (χ2n) is 5.81. The summed E-state index contributed by atoms with van der Waals surface area (Å²) in [6.07, 6.45) is 3.64. The molecule has 0 aliphatic rings. The first-order chi connectivity index (χ1) is 11.6. The normalized spacial score (nSPS) is 10.6. The first-order valence-electron chi connectivity index (χ1n) is 8.30. The van der Waals surface area contributed by atoms with Gasteiger partial charge in [0.2, 0.25) is 11.8 Å². The van der Waals surface area contributed by atoms with Crippen molar-refractivity contribution in [2.24, 2.45) is 0 Å². The molecule has 0 radical (unpaired) electrons. The Balaban J connectivity index is 1.74. The quantitative estimate of drug-likeness (QED) is 0.706. The number of carbonyl (C=O) groups is 1. The monoisotopic (exact) mass is 331 g/mol. The zero-order valence-corrected chi connectivity index (χ0v) is 14.6. The number of ether oxygens (including phenoxy) is 1. The highest BCUT2D eigenvalue weighted by atomic mass is 16.5. The molecule has 0 saturated carbocycles. The predicted octanol–water partition coefficient (Wildman–Crippen LogP) is 3.01. The third-order valence-electron chi connectivity index (χ3n) is 3.77. The summed E-state index contributed by atoms with van der Waals surface area (Å²) < 4.78 is 10.3. The van der Waals surface area contributed by atoms with Crippen LogP contribution in [0.15, 0.2) is 28.8 Å². The van der Waals surface area contributed by atoms with E-state index in [1.807, 2.05) is 31.3 Å². The summed E-state index contributed by atoms with van der Waals surface area (Å²) in [5.41, 5.74) is 1.08. The number of carbonyl (C=O) groups excluding carboxylic acids is 1. The number of aromatic nitrogens is 2. The molecule has 6 heteroatoms. The van der Waals surface area contributed by atoms with Crippen molar-refractivity contribution in [2.45, 2.75) is 45.6 Å². The highest BCUT2D eigenvalue weighted by molar-refractivity contribution is 5.75. The van der Waals surface area contributed by atoms with E-state index in [9.17, 15) is 4.79 Å². The van der Waals surface area contributed by atoms with Crippen LogP contribution in [-0.2, 0) is 24.2 Å². The average Bonchev–Trinajstić information content (AvgIpc) is 3.03. The van der Waals surface area contributed by atoms with Crippen molar-refractivity contribution >= 4 is 5.91 Å². The Labute approximate surface area is 142 Å². The molecule has 0 spiro atoms. The molecule has 1 heterocycles. The zero-order chi connectivity index (χ0) is 17.4. The second-order valence-corrected chi connectivity index (χ2v) is 5.81. The summed E-state index contributed by atoms with van der Waals surface area (Å²) in [5, 5.41) is 3.92. The SMILES string of the molecule is CCCc1noc(CCCC(=O)N(C)Cc2ccc(OC)cc2)n1. The highest BCUT2D eigenvalue weighted by Crippen LogP contribution is 2.13. The van der Waals surface area contributed by atoms with Crippen LogP contribution in [0.5, 0.6) is 5.75 Å². The Morgan fingerprint density at radius 3 is 2.67 bits per heavy atom. The molecule has 2 aromatic rings. The van der Waals surface area contributed by atoms with E-state index in [4.69, 9.17) is 9.26 Å². The Bertz CT molecular complexity index is 637. The van der Waals surface area contributed by atoms with Crippen molar-refractivity contribution in [3.05, 3.63) is 41.5 Å².